The van der Waals surface area contributed by atoms with Gasteiger partial charge in [-0.15, -0.1) is 0 Å². The number of carbonyl (C=O) groups excluding carboxylic acids is 1. The first-order chi connectivity index (χ1) is 9.47. The van der Waals surface area contributed by atoms with Gasteiger partial charge in [-0.25, -0.2) is 0 Å². The van der Waals surface area contributed by atoms with Crippen molar-refractivity contribution in [3.8, 4) is 0 Å². The maximum atomic E-state index is 12.0. The van der Waals surface area contributed by atoms with Crippen LogP contribution in [0.15, 0.2) is 37.8 Å². The molecule has 0 radical (unpaired) electrons. The molecule has 2 N–H and O–H groups in total. The fourth-order valence-electron chi connectivity index (χ4n) is 1.95. The van der Waals surface area contributed by atoms with Gasteiger partial charge in [-0.3, -0.25) is 4.79 Å². The summed E-state index contributed by atoms with van der Waals surface area (Å²) >= 11 is 3.18. The molecule has 0 spiro atoms. The Hall–Kier alpha value is -1.53. The molecule has 2 heterocycles. The van der Waals surface area contributed by atoms with Crippen molar-refractivity contribution in [1.82, 2.24) is 5.32 Å². The van der Waals surface area contributed by atoms with Gasteiger partial charge in [0.25, 0.3) is 5.91 Å². The van der Waals surface area contributed by atoms with Crippen LogP contribution in [0, 0.1) is 6.92 Å². The van der Waals surface area contributed by atoms with E-state index in [4.69, 9.17) is 8.83 Å². The normalized spacial score (nSPS) is 12.7. The fraction of sp³-hybridized carbons (Fsp3) is 0.357. The van der Waals surface area contributed by atoms with E-state index in [9.17, 15) is 4.79 Å². The Kier molecular flexibility index (Phi) is 4.67. The number of hydrogen-bond acceptors (Lipinski definition) is 3. The van der Waals surface area contributed by atoms with Crippen LogP contribution in [-0.2, 0) is 0 Å². The third kappa shape index (κ3) is 3.52. The summed E-state index contributed by atoms with van der Waals surface area (Å²) in [6.45, 7) is 2.39. The second-order valence-corrected chi connectivity index (χ2v) is 5.67. The lowest BCUT2D eigenvalue weighted by Gasteiger charge is -2.19. The van der Waals surface area contributed by atoms with Crippen LogP contribution in [0.3, 0.4) is 0 Å². The summed E-state index contributed by atoms with van der Waals surface area (Å²) in [7, 11) is 4.05. The molecule has 1 atom stereocenters. The van der Waals surface area contributed by atoms with Gasteiger partial charge in [-0.2, -0.15) is 0 Å². The highest BCUT2D eigenvalue weighted by atomic mass is 79.9. The lowest BCUT2D eigenvalue weighted by Crippen LogP contribution is -3.07. The molecule has 6 heteroatoms. The molecule has 0 aromatic carbocycles. The van der Waals surface area contributed by atoms with Gasteiger partial charge in [-0.1, -0.05) is 0 Å². The van der Waals surface area contributed by atoms with Gasteiger partial charge in [0.1, 0.15) is 5.76 Å². The fourth-order valence-corrected chi connectivity index (χ4v) is 2.25. The van der Waals surface area contributed by atoms with Crippen molar-refractivity contribution in [2.24, 2.45) is 0 Å². The van der Waals surface area contributed by atoms with Gasteiger partial charge in [0.15, 0.2) is 22.2 Å². The zero-order valence-electron chi connectivity index (χ0n) is 11.7. The summed E-state index contributed by atoms with van der Waals surface area (Å²) in [5.74, 6) is 1.79. The number of quaternary nitrogens is 1. The first-order valence-corrected chi connectivity index (χ1v) is 7.16. The Morgan fingerprint density at radius 1 is 1.30 bits per heavy atom. The SMILES string of the molecule is Cc1ccc([C@@H](CNC(=O)c2ccc(Br)o2)[NH+](C)C)o1. The molecule has 2 rings (SSSR count). The molecule has 2 aromatic rings. The molecular formula is C14H18BrN2O3+. The predicted molar refractivity (Wildman–Crippen MR) is 77.7 cm³/mol. The first-order valence-electron chi connectivity index (χ1n) is 6.37. The van der Waals surface area contributed by atoms with E-state index in [0.717, 1.165) is 11.5 Å². The van der Waals surface area contributed by atoms with Crippen molar-refractivity contribution in [3.05, 3.63) is 46.2 Å². The number of furan rings is 2. The van der Waals surface area contributed by atoms with Gasteiger partial charge < -0.3 is 19.1 Å². The van der Waals surface area contributed by atoms with Crippen LogP contribution in [0.5, 0.6) is 0 Å². The number of likely N-dealkylation sites (N-methyl/N-ethyl adjacent to an activating group) is 1. The average molecular weight is 342 g/mol. The molecule has 108 valence electrons. The van der Waals surface area contributed by atoms with Crippen LogP contribution in [0.4, 0.5) is 0 Å². The molecule has 0 unspecified atom stereocenters. The number of hydrogen-bond donors (Lipinski definition) is 2. The van der Waals surface area contributed by atoms with Gasteiger partial charge >= 0.3 is 0 Å². The highest BCUT2D eigenvalue weighted by Crippen LogP contribution is 2.15. The quantitative estimate of drug-likeness (QED) is 0.867. The van der Waals surface area contributed by atoms with E-state index < -0.39 is 0 Å². The first kappa shape index (κ1) is 14.9. The number of amides is 1. The van der Waals surface area contributed by atoms with E-state index in [1.807, 2.05) is 33.2 Å². The number of carbonyl (C=O) groups is 1. The van der Waals surface area contributed by atoms with Crippen molar-refractivity contribution in [1.29, 1.82) is 0 Å². The van der Waals surface area contributed by atoms with Gasteiger partial charge in [0.2, 0.25) is 0 Å². The Bertz CT molecular complexity index is 589. The summed E-state index contributed by atoms with van der Waals surface area (Å²) in [6, 6.07) is 7.26. The molecule has 20 heavy (non-hydrogen) atoms. The maximum absolute atomic E-state index is 12.0. The Morgan fingerprint density at radius 3 is 2.55 bits per heavy atom. The van der Waals surface area contributed by atoms with Crippen LogP contribution in [0.25, 0.3) is 0 Å². The lowest BCUT2D eigenvalue weighted by atomic mass is 10.2. The van der Waals surface area contributed by atoms with Crippen LogP contribution in [0.2, 0.25) is 0 Å². The Labute approximate surface area is 126 Å². The zero-order chi connectivity index (χ0) is 14.7. The van der Waals surface area contributed by atoms with Crippen LogP contribution < -0.4 is 10.2 Å². The molecule has 0 bridgehead atoms. The molecule has 0 saturated heterocycles. The summed E-state index contributed by atoms with van der Waals surface area (Å²) in [6.07, 6.45) is 0. The van der Waals surface area contributed by atoms with E-state index in [1.165, 1.54) is 4.90 Å². The van der Waals surface area contributed by atoms with Crippen molar-refractivity contribution >= 4 is 21.8 Å². The highest BCUT2D eigenvalue weighted by Gasteiger charge is 2.23. The minimum absolute atomic E-state index is 0.0612. The number of nitrogens with one attached hydrogen (secondary N) is 2. The number of aryl methyl sites for hydroxylation is 1. The largest absolute Gasteiger partial charge is 0.460 e. The van der Waals surface area contributed by atoms with Crippen molar-refractivity contribution < 1.29 is 18.5 Å². The second kappa shape index (κ2) is 6.28. The second-order valence-electron chi connectivity index (χ2n) is 4.89. The molecular weight excluding hydrogens is 324 g/mol. The minimum Gasteiger partial charge on any atom is -0.460 e. The smallest absolute Gasteiger partial charge is 0.287 e. The number of halogens is 1. The Morgan fingerprint density at radius 2 is 2.05 bits per heavy atom. The third-order valence-electron chi connectivity index (χ3n) is 3.07. The predicted octanol–water partition coefficient (Wildman–Crippen LogP) is 1.56. The molecule has 2 aromatic heterocycles. The van der Waals surface area contributed by atoms with Crippen LogP contribution >= 0.6 is 15.9 Å². The third-order valence-corrected chi connectivity index (χ3v) is 3.49. The van der Waals surface area contributed by atoms with E-state index in [1.54, 1.807) is 12.1 Å². The molecule has 0 aliphatic rings. The zero-order valence-corrected chi connectivity index (χ0v) is 13.3. The van der Waals surface area contributed by atoms with Crippen molar-refractivity contribution in [2.75, 3.05) is 20.6 Å². The van der Waals surface area contributed by atoms with Gasteiger partial charge in [0.05, 0.1) is 20.6 Å². The van der Waals surface area contributed by atoms with E-state index in [-0.39, 0.29) is 11.9 Å². The summed E-state index contributed by atoms with van der Waals surface area (Å²) in [5, 5.41) is 2.87. The van der Waals surface area contributed by atoms with E-state index in [0.29, 0.717) is 17.0 Å². The van der Waals surface area contributed by atoms with Gasteiger partial charge in [0, 0.05) is 0 Å². The standard InChI is InChI=1S/C14H17BrN2O3/c1-9-4-5-11(19-9)10(17(2)3)8-16-14(18)12-6-7-13(15)20-12/h4-7,10H,8H2,1-3H3,(H,16,18)/p+1/t10-/m1/s1. The summed E-state index contributed by atoms with van der Waals surface area (Å²) in [4.78, 5) is 13.1. The molecule has 5 nitrogen and oxygen atoms in total. The Balaban J connectivity index is 2.01. The molecule has 0 saturated carbocycles. The van der Waals surface area contributed by atoms with E-state index >= 15 is 0 Å². The maximum Gasteiger partial charge on any atom is 0.287 e. The van der Waals surface area contributed by atoms with Crippen molar-refractivity contribution in [2.45, 2.75) is 13.0 Å². The molecule has 0 fully saturated rings. The van der Waals surface area contributed by atoms with Crippen LogP contribution in [0.1, 0.15) is 28.1 Å². The molecule has 0 aliphatic heterocycles. The van der Waals surface area contributed by atoms with Crippen LogP contribution in [-0.4, -0.2) is 26.5 Å². The minimum atomic E-state index is -0.231. The van der Waals surface area contributed by atoms with Crippen molar-refractivity contribution in [3.63, 3.8) is 0 Å². The lowest BCUT2D eigenvalue weighted by molar-refractivity contribution is -0.891. The molecule has 0 aliphatic carbocycles. The van der Waals surface area contributed by atoms with E-state index in [2.05, 4.69) is 21.2 Å². The average Bonchev–Trinajstić information content (AvgIpc) is 2.98. The monoisotopic (exact) mass is 341 g/mol. The molecule has 1 amide bonds. The summed E-state index contributed by atoms with van der Waals surface area (Å²) < 4.78 is 11.4. The summed E-state index contributed by atoms with van der Waals surface area (Å²) in [5.41, 5.74) is 0. The van der Waals surface area contributed by atoms with Gasteiger partial charge in [-0.05, 0) is 47.1 Å². The highest BCUT2D eigenvalue weighted by molar-refractivity contribution is 9.10. The topological polar surface area (TPSA) is 59.8 Å². The number of rotatable bonds is 5.